The molecule has 0 saturated carbocycles. The van der Waals surface area contributed by atoms with Gasteiger partial charge >= 0.3 is 0 Å². The molecule has 0 aliphatic carbocycles. The summed E-state index contributed by atoms with van der Waals surface area (Å²) in [6.45, 7) is 1.93. The van der Waals surface area contributed by atoms with Crippen LogP contribution in [0, 0.1) is 0 Å². The molecule has 1 unspecified atom stereocenters. The van der Waals surface area contributed by atoms with Crippen LogP contribution in [0.25, 0.3) is 0 Å². The van der Waals surface area contributed by atoms with E-state index in [4.69, 9.17) is 18.0 Å². The topological polar surface area (TPSA) is 26.0 Å². The lowest BCUT2D eigenvalue weighted by Gasteiger charge is -2.09. The van der Waals surface area contributed by atoms with Gasteiger partial charge in [-0.25, -0.2) is 0 Å². The van der Waals surface area contributed by atoms with Crippen LogP contribution in [-0.4, -0.2) is 4.86 Å². The second kappa shape index (κ2) is 4.33. The third-order valence-corrected chi connectivity index (χ3v) is 1.90. The summed E-state index contributed by atoms with van der Waals surface area (Å²) in [5.74, 6) is 0. The molecule has 0 spiro atoms. The SMILES string of the molecule is CC(=S)CC(N)c1ccccc1. The van der Waals surface area contributed by atoms with Gasteiger partial charge in [-0.1, -0.05) is 42.5 Å². The molecule has 1 atom stereocenters. The minimum atomic E-state index is 0.0590. The van der Waals surface area contributed by atoms with E-state index in [1.54, 1.807) is 0 Å². The lowest BCUT2D eigenvalue weighted by molar-refractivity contribution is 0.766. The van der Waals surface area contributed by atoms with Crippen LogP contribution < -0.4 is 5.73 Å². The van der Waals surface area contributed by atoms with Crippen molar-refractivity contribution in [3.05, 3.63) is 35.9 Å². The summed E-state index contributed by atoms with van der Waals surface area (Å²) in [6.07, 6.45) is 0.791. The summed E-state index contributed by atoms with van der Waals surface area (Å²) >= 11 is 4.99. The maximum atomic E-state index is 5.91. The highest BCUT2D eigenvalue weighted by molar-refractivity contribution is 7.80. The van der Waals surface area contributed by atoms with E-state index in [9.17, 15) is 0 Å². The van der Waals surface area contributed by atoms with Gasteiger partial charge in [0, 0.05) is 6.04 Å². The van der Waals surface area contributed by atoms with E-state index in [1.807, 2.05) is 37.3 Å². The lowest BCUT2D eigenvalue weighted by atomic mass is 10.0. The van der Waals surface area contributed by atoms with Crippen molar-refractivity contribution in [1.29, 1.82) is 0 Å². The fourth-order valence-electron chi connectivity index (χ4n) is 1.13. The molecule has 1 nitrogen and oxygen atoms in total. The largest absolute Gasteiger partial charge is 0.324 e. The highest BCUT2D eigenvalue weighted by Crippen LogP contribution is 2.13. The third kappa shape index (κ3) is 2.72. The Morgan fingerprint density at radius 3 is 2.50 bits per heavy atom. The second-order valence-corrected chi connectivity index (χ2v) is 3.62. The predicted octanol–water partition coefficient (Wildman–Crippen LogP) is 2.47. The molecule has 1 aromatic rings. The standard InChI is InChI=1S/C10H13NS/c1-8(12)7-10(11)9-5-3-2-4-6-9/h2-6,10H,7,11H2,1H3. The third-order valence-electron chi connectivity index (χ3n) is 1.74. The lowest BCUT2D eigenvalue weighted by Crippen LogP contribution is -2.12. The first-order valence-electron chi connectivity index (χ1n) is 4.00. The molecule has 0 aromatic heterocycles. The van der Waals surface area contributed by atoms with Crippen LogP contribution in [0.5, 0.6) is 0 Å². The van der Waals surface area contributed by atoms with Crippen LogP contribution in [0.2, 0.25) is 0 Å². The summed E-state index contributed by atoms with van der Waals surface area (Å²) < 4.78 is 0. The molecule has 0 radical (unpaired) electrons. The quantitative estimate of drug-likeness (QED) is 0.721. The minimum Gasteiger partial charge on any atom is -0.324 e. The Morgan fingerprint density at radius 1 is 1.42 bits per heavy atom. The molecule has 1 rings (SSSR count). The Kier molecular flexibility index (Phi) is 3.38. The number of rotatable bonds is 3. The highest BCUT2D eigenvalue weighted by atomic mass is 32.1. The Morgan fingerprint density at radius 2 is 2.00 bits per heavy atom. The zero-order chi connectivity index (χ0) is 8.97. The first kappa shape index (κ1) is 9.36. The molecule has 0 saturated heterocycles. The summed E-state index contributed by atoms with van der Waals surface area (Å²) in [5.41, 5.74) is 7.06. The van der Waals surface area contributed by atoms with Crippen LogP contribution in [0.4, 0.5) is 0 Å². The van der Waals surface area contributed by atoms with Gasteiger partial charge < -0.3 is 5.73 Å². The molecule has 0 amide bonds. The number of nitrogens with two attached hydrogens (primary N) is 1. The van der Waals surface area contributed by atoms with E-state index in [0.717, 1.165) is 16.8 Å². The first-order chi connectivity index (χ1) is 5.70. The number of thiocarbonyl (C=S) groups is 1. The van der Waals surface area contributed by atoms with Crippen molar-refractivity contribution >= 4 is 17.1 Å². The van der Waals surface area contributed by atoms with Crippen LogP contribution in [0.3, 0.4) is 0 Å². The molecule has 2 N–H and O–H groups in total. The predicted molar refractivity (Wildman–Crippen MR) is 56.3 cm³/mol. The molecule has 0 aliphatic rings. The zero-order valence-corrected chi connectivity index (χ0v) is 7.97. The van der Waals surface area contributed by atoms with Crippen LogP contribution in [-0.2, 0) is 0 Å². The summed E-state index contributed by atoms with van der Waals surface area (Å²) in [5, 5.41) is 0. The Labute approximate surface area is 78.6 Å². The maximum absolute atomic E-state index is 5.91. The van der Waals surface area contributed by atoms with Gasteiger partial charge in [-0.05, 0) is 23.8 Å². The van der Waals surface area contributed by atoms with Gasteiger partial charge in [0.2, 0.25) is 0 Å². The molecular formula is C10H13NS. The second-order valence-electron chi connectivity index (χ2n) is 2.92. The molecule has 12 heavy (non-hydrogen) atoms. The number of hydrogen-bond donors (Lipinski definition) is 1. The van der Waals surface area contributed by atoms with Gasteiger partial charge in [-0.3, -0.25) is 0 Å². The molecule has 0 bridgehead atoms. The van der Waals surface area contributed by atoms with Crippen molar-refractivity contribution in [2.24, 2.45) is 5.73 Å². The van der Waals surface area contributed by atoms with E-state index in [2.05, 4.69) is 0 Å². The minimum absolute atomic E-state index is 0.0590. The fourth-order valence-corrected chi connectivity index (χ4v) is 1.31. The summed E-state index contributed by atoms with van der Waals surface area (Å²) in [4.78, 5) is 0.964. The number of benzene rings is 1. The first-order valence-corrected chi connectivity index (χ1v) is 4.41. The fraction of sp³-hybridized carbons (Fsp3) is 0.300. The van der Waals surface area contributed by atoms with Gasteiger partial charge in [0.25, 0.3) is 0 Å². The van der Waals surface area contributed by atoms with Gasteiger partial charge in [-0.15, -0.1) is 0 Å². The van der Waals surface area contributed by atoms with E-state index < -0.39 is 0 Å². The van der Waals surface area contributed by atoms with E-state index in [1.165, 1.54) is 0 Å². The molecule has 0 heterocycles. The zero-order valence-electron chi connectivity index (χ0n) is 7.16. The molecular weight excluding hydrogens is 166 g/mol. The molecule has 1 aromatic carbocycles. The van der Waals surface area contributed by atoms with Gasteiger partial charge in [0.05, 0.1) is 0 Å². The van der Waals surface area contributed by atoms with E-state index in [0.29, 0.717) is 0 Å². The van der Waals surface area contributed by atoms with Crippen LogP contribution in [0.1, 0.15) is 24.9 Å². The molecule has 64 valence electrons. The van der Waals surface area contributed by atoms with E-state index in [-0.39, 0.29) is 6.04 Å². The molecule has 0 aliphatic heterocycles. The average Bonchev–Trinajstić information content (AvgIpc) is 2.05. The molecule has 0 fully saturated rings. The van der Waals surface area contributed by atoms with Gasteiger partial charge in [0.1, 0.15) is 0 Å². The summed E-state index contributed by atoms with van der Waals surface area (Å²) in [6, 6.07) is 10.1. The van der Waals surface area contributed by atoms with Crippen molar-refractivity contribution in [3.63, 3.8) is 0 Å². The van der Waals surface area contributed by atoms with Crippen molar-refractivity contribution in [2.75, 3.05) is 0 Å². The smallest absolute Gasteiger partial charge is 0.0340 e. The van der Waals surface area contributed by atoms with Crippen molar-refractivity contribution in [1.82, 2.24) is 0 Å². The van der Waals surface area contributed by atoms with E-state index >= 15 is 0 Å². The van der Waals surface area contributed by atoms with Crippen molar-refractivity contribution in [3.8, 4) is 0 Å². The average molecular weight is 179 g/mol. The van der Waals surface area contributed by atoms with Crippen LogP contribution >= 0.6 is 12.2 Å². The highest BCUT2D eigenvalue weighted by Gasteiger charge is 2.04. The molecule has 2 heteroatoms. The van der Waals surface area contributed by atoms with Crippen molar-refractivity contribution < 1.29 is 0 Å². The van der Waals surface area contributed by atoms with Crippen molar-refractivity contribution in [2.45, 2.75) is 19.4 Å². The van der Waals surface area contributed by atoms with Crippen LogP contribution in [0.15, 0.2) is 30.3 Å². The monoisotopic (exact) mass is 179 g/mol. The summed E-state index contributed by atoms with van der Waals surface area (Å²) in [7, 11) is 0. The van der Waals surface area contributed by atoms with Gasteiger partial charge in [0.15, 0.2) is 0 Å². The van der Waals surface area contributed by atoms with Gasteiger partial charge in [-0.2, -0.15) is 0 Å². The normalized spacial score (nSPS) is 12.5. The maximum Gasteiger partial charge on any atom is 0.0340 e. The number of hydrogen-bond acceptors (Lipinski definition) is 2. The Balaban J connectivity index is 2.65. The Hall–Kier alpha value is -0.730. The Bertz CT molecular complexity index is 256.